The summed E-state index contributed by atoms with van der Waals surface area (Å²) in [5.41, 5.74) is 0.985. The van der Waals surface area contributed by atoms with Crippen molar-refractivity contribution in [3.63, 3.8) is 0 Å². The van der Waals surface area contributed by atoms with Crippen LogP contribution < -0.4 is 5.32 Å². The number of rotatable bonds is 3. The van der Waals surface area contributed by atoms with Crippen LogP contribution in [0.3, 0.4) is 0 Å². The molecular weight excluding hydrogens is 222 g/mol. The quantitative estimate of drug-likeness (QED) is 0.855. The van der Waals surface area contributed by atoms with Gasteiger partial charge >= 0.3 is 0 Å². The van der Waals surface area contributed by atoms with Crippen LogP contribution >= 0.6 is 11.3 Å². The van der Waals surface area contributed by atoms with Crippen LogP contribution in [0, 0.1) is 0 Å². The Morgan fingerprint density at radius 1 is 1.50 bits per heavy atom. The Morgan fingerprint density at radius 3 is 2.94 bits per heavy atom. The SMILES string of the molecule is CC(=O)NC(CO)c1csc2ccccc12. The van der Waals surface area contributed by atoms with Crippen LogP contribution in [-0.2, 0) is 4.79 Å². The average Bonchev–Trinajstić information content (AvgIpc) is 2.69. The number of nitrogens with one attached hydrogen (secondary N) is 1. The van der Waals surface area contributed by atoms with E-state index < -0.39 is 0 Å². The molecule has 1 atom stereocenters. The van der Waals surface area contributed by atoms with Gasteiger partial charge in [-0.25, -0.2) is 0 Å². The molecule has 16 heavy (non-hydrogen) atoms. The third-order valence-electron chi connectivity index (χ3n) is 2.45. The average molecular weight is 235 g/mol. The number of carbonyl (C=O) groups excluding carboxylic acids is 1. The van der Waals surface area contributed by atoms with Gasteiger partial charge in [0.15, 0.2) is 0 Å². The third-order valence-corrected chi connectivity index (χ3v) is 3.43. The number of carbonyl (C=O) groups is 1. The van der Waals surface area contributed by atoms with Crippen molar-refractivity contribution in [2.24, 2.45) is 0 Å². The van der Waals surface area contributed by atoms with Crippen LogP contribution in [0.2, 0.25) is 0 Å². The first-order chi connectivity index (χ1) is 7.72. The molecule has 2 rings (SSSR count). The topological polar surface area (TPSA) is 49.3 Å². The van der Waals surface area contributed by atoms with Crippen molar-refractivity contribution in [2.75, 3.05) is 6.61 Å². The van der Waals surface area contributed by atoms with E-state index in [2.05, 4.69) is 5.32 Å². The molecule has 0 spiro atoms. The monoisotopic (exact) mass is 235 g/mol. The maximum Gasteiger partial charge on any atom is 0.217 e. The molecule has 2 aromatic rings. The standard InChI is InChI=1S/C12H13NO2S/c1-8(15)13-11(6-14)10-7-16-12-5-3-2-4-9(10)12/h2-5,7,11,14H,6H2,1H3,(H,13,15). The highest BCUT2D eigenvalue weighted by atomic mass is 32.1. The summed E-state index contributed by atoms with van der Waals surface area (Å²) < 4.78 is 1.17. The van der Waals surface area contributed by atoms with Gasteiger partial charge in [-0.1, -0.05) is 18.2 Å². The Hall–Kier alpha value is -1.39. The minimum atomic E-state index is -0.311. The molecule has 1 aromatic carbocycles. The first-order valence-electron chi connectivity index (χ1n) is 5.06. The summed E-state index contributed by atoms with van der Waals surface area (Å²) in [4.78, 5) is 11.0. The molecule has 84 valence electrons. The predicted octanol–water partition coefficient (Wildman–Crippen LogP) is 2.07. The fraction of sp³-hybridized carbons (Fsp3) is 0.250. The lowest BCUT2D eigenvalue weighted by molar-refractivity contribution is -0.120. The van der Waals surface area contributed by atoms with Gasteiger partial charge in [-0.05, 0) is 22.4 Å². The second-order valence-corrected chi connectivity index (χ2v) is 4.53. The first-order valence-corrected chi connectivity index (χ1v) is 5.94. The van der Waals surface area contributed by atoms with Gasteiger partial charge < -0.3 is 10.4 Å². The summed E-state index contributed by atoms with van der Waals surface area (Å²) in [6.45, 7) is 1.37. The highest BCUT2D eigenvalue weighted by molar-refractivity contribution is 7.17. The highest BCUT2D eigenvalue weighted by Gasteiger charge is 2.15. The van der Waals surface area contributed by atoms with Crippen LogP contribution in [0.4, 0.5) is 0 Å². The zero-order chi connectivity index (χ0) is 11.5. The second kappa shape index (κ2) is 4.63. The maximum absolute atomic E-state index is 11.0. The van der Waals surface area contributed by atoms with Crippen molar-refractivity contribution in [3.05, 3.63) is 35.2 Å². The van der Waals surface area contributed by atoms with Crippen molar-refractivity contribution >= 4 is 27.3 Å². The van der Waals surface area contributed by atoms with E-state index in [1.807, 2.05) is 29.6 Å². The number of hydrogen-bond acceptors (Lipinski definition) is 3. The Balaban J connectivity index is 2.41. The van der Waals surface area contributed by atoms with Gasteiger partial charge in [0.05, 0.1) is 12.6 Å². The van der Waals surface area contributed by atoms with Crippen molar-refractivity contribution in [1.29, 1.82) is 0 Å². The van der Waals surface area contributed by atoms with Crippen LogP contribution in [0.25, 0.3) is 10.1 Å². The maximum atomic E-state index is 11.0. The molecular formula is C12H13NO2S. The van der Waals surface area contributed by atoms with E-state index in [0.29, 0.717) is 0 Å². The van der Waals surface area contributed by atoms with E-state index in [1.165, 1.54) is 11.6 Å². The fourth-order valence-electron chi connectivity index (χ4n) is 1.74. The number of aliphatic hydroxyl groups is 1. The number of hydrogen-bond donors (Lipinski definition) is 2. The molecule has 1 unspecified atom stereocenters. The van der Waals surface area contributed by atoms with Crippen molar-refractivity contribution in [2.45, 2.75) is 13.0 Å². The van der Waals surface area contributed by atoms with E-state index in [9.17, 15) is 9.90 Å². The molecule has 3 nitrogen and oxygen atoms in total. The molecule has 1 heterocycles. The minimum absolute atomic E-state index is 0.0830. The van der Waals surface area contributed by atoms with Crippen LogP contribution in [-0.4, -0.2) is 17.6 Å². The number of benzene rings is 1. The second-order valence-electron chi connectivity index (χ2n) is 3.62. The first kappa shape index (κ1) is 11.1. The molecule has 1 aromatic heterocycles. The van der Waals surface area contributed by atoms with E-state index in [-0.39, 0.29) is 18.6 Å². The molecule has 0 radical (unpaired) electrons. The summed E-state index contributed by atoms with van der Waals surface area (Å²) in [6.07, 6.45) is 0. The summed E-state index contributed by atoms with van der Waals surface area (Å²) >= 11 is 1.62. The molecule has 0 bridgehead atoms. The Kier molecular flexibility index (Phi) is 3.22. The molecule has 0 aliphatic carbocycles. The molecule has 0 saturated heterocycles. The van der Waals surface area contributed by atoms with Gasteiger partial charge in [-0.2, -0.15) is 0 Å². The number of amides is 1. The normalized spacial score (nSPS) is 12.6. The third kappa shape index (κ3) is 2.08. The van der Waals surface area contributed by atoms with Gasteiger partial charge in [-0.3, -0.25) is 4.79 Å². The predicted molar refractivity (Wildman–Crippen MR) is 65.5 cm³/mol. The van der Waals surface area contributed by atoms with Gasteiger partial charge in [-0.15, -0.1) is 11.3 Å². The molecule has 2 N–H and O–H groups in total. The van der Waals surface area contributed by atoms with Crippen molar-refractivity contribution in [3.8, 4) is 0 Å². The van der Waals surface area contributed by atoms with E-state index in [4.69, 9.17) is 0 Å². The Morgan fingerprint density at radius 2 is 2.25 bits per heavy atom. The fourth-order valence-corrected chi connectivity index (χ4v) is 2.75. The molecule has 0 fully saturated rings. The lowest BCUT2D eigenvalue weighted by Crippen LogP contribution is -2.28. The lowest BCUT2D eigenvalue weighted by Gasteiger charge is -2.14. The zero-order valence-electron chi connectivity index (χ0n) is 8.93. The van der Waals surface area contributed by atoms with Crippen molar-refractivity contribution in [1.82, 2.24) is 5.32 Å². The molecule has 1 amide bonds. The van der Waals surface area contributed by atoms with Crippen LogP contribution in [0.1, 0.15) is 18.5 Å². The number of aliphatic hydroxyl groups excluding tert-OH is 1. The molecule has 4 heteroatoms. The lowest BCUT2D eigenvalue weighted by atomic mass is 10.1. The summed E-state index contributed by atoms with van der Waals surface area (Å²) in [7, 11) is 0. The van der Waals surface area contributed by atoms with Crippen LogP contribution in [0.5, 0.6) is 0 Å². The van der Waals surface area contributed by atoms with Gasteiger partial charge in [0.25, 0.3) is 0 Å². The molecule has 0 aliphatic rings. The highest BCUT2D eigenvalue weighted by Crippen LogP contribution is 2.29. The van der Waals surface area contributed by atoms with Crippen LogP contribution in [0.15, 0.2) is 29.6 Å². The largest absolute Gasteiger partial charge is 0.394 e. The molecule has 0 saturated carbocycles. The summed E-state index contributed by atoms with van der Waals surface area (Å²) in [6, 6.07) is 7.67. The van der Waals surface area contributed by atoms with Gasteiger partial charge in [0.1, 0.15) is 0 Å². The summed E-state index contributed by atoms with van der Waals surface area (Å²) in [5, 5.41) is 15.1. The molecule has 0 aliphatic heterocycles. The van der Waals surface area contributed by atoms with E-state index in [0.717, 1.165) is 10.9 Å². The smallest absolute Gasteiger partial charge is 0.217 e. The van der Waals surface area contributed by atoms with E-state index in [1.54, 1.807) is 11.3 Å². The van der Waals surface area contributed by atoms with Gasteiger partial charge in [0.2, 0.25) is 5.91 Å². The number of thiophene rings is 1. The Labute approximate surface area is 97.7 Å². The van der Waals surface area contributed by atoms with Gasteiger partial charge in [0, 0.05) is 11.6 Å². The summed E-state index contributed by atoms with van der Waals surface area (Å²) in [5.74, 6) is -0.130. The van der Waals surface area contributed by atoms with Crippen molar-refractivity contribution < 1.29 is 9.90 Å². The van der Waals surface area contributed by atoms with E-state index >= 15 is 0 Å². The minimum Gasteiger partial charge on any atom is -0.394 e. The Bertz CT molecular complexity index is 506. The zero-order valence-corrected chi connectivity index (χ0v) is 9.75. The number of fused-ring (bicyclic) bond motifs is 1.